The molecule has 4 heteroatoms. The zero-order chi connectivity index (χ0) is 15.9. The second kappa shape index (κ2) is 7.66. The molecule has 0 fully saturated rings. The van der Waals surface area contributed by atoms with Crippen molar-refractivity contribution in [3.63, 3.8) is 0 Å². The fourth-order valence-corrected chi connectivity index (χ4v) is 2.21. The Morgan fingerprint density at radius 3 is 2.50 bits per heavy atom. The second-order valence-corrected chi connectivity index (χ2v) is 5.27. The van der Waals surface area contributed by atoms with Crippen molar-refractivity contribution in [1.29, 1.82) is 0 Å². The normalized spacial score (nSPS) is 12.1. The molecule has 1 amide bonds. The lowest BCUT2D eigenvalue weighted by molar-refractivity contribution is -0.117. The summed E-state index contributed by atoms with van der Waals surface area (Å²) in [6.45, 7) is 1.93. The summed E-state index contributed by atoms with van der Waals surface area (Å²) in [6, 6.07) is 14.9. The topological polar surface area (TPSA) is 38.3 Å². The molecule has 0 aliphatic heterocycles. The first-order chi connectivity index (χ1) is 10.6. The van der Waals surface area contributed by atoms with Crippen LogP contribution in [0.2, 0.25) is 5.02 Å². The summed E-state index contributed by atoms with van der Waals surface area (Å²) >= 11 is 6.04. The van der Waals surface area contributed by atoms with Gasteiger partial charge in [0.15, 0.2) is 0 Å². The summed E-state index contributed by atoms with van der Waals surface area (Å²) in [5.41, 5.74) is 1.83. The SMILES string of the molecule is COc1ccc([C@H](C)NC(=O)/C=C/c2ccccc2Cl)cc1. The number of methoxy groups -OCH3 is 1. The summed E-state index contributed by atoms with van der Waals surface area (Å²) in [4.78, 5) is 12.0. The van der Waals surface area contributed by atoms with Gasteiger partial charge in [-0.15, -0.1) is 0 Å². The van der Waals surface area contributed by atoms with Gasteiger partial charge in [0.25, 0.3) is 0 Å². The molecule has 1 atom stereocenters. The Morgan fingerprint density at radius 1 is 1.18 bits per heavy atom. The van der Waals surface area contributed by atoms with Crippen LogP contribution in [0, 0.1) is 0 Å². The largest absolute Gasteiger partial charge is 0.497 e. The quantitative estimate of drug-likeness (QED) is 0.838. The molecular weight excluding hydrogens is 298 g/mol. The predicted octanol–water partition coefficient (Wildman–Crippen LogP) is 4.24. The van der Waals surface area contributed by atoms with Gasteiger partial charge in [-0.1, -0.05) is 41.9 Å². The van der Waals surface area contributed by atoms with E-state index in [0.717, 1.165) is 16.9 Å². The van der Waals surface area contributed by atoms with Crippen LogP contribution in [0.1, 0.15) is 24.1 Å². The highest BCUT2D eigenvalue weighted by Crippen LogP contribution is 2.18. The minimum absolute atomic E-state index is 0.0886. The standard InChI is InChI=1S/C18H18ClNO2/c1-13(14-7-10-16(22-2)11-8-14)20-18(21)12-9-15-5-3-4-6-17(15)19/h3-13H,1-2H3,(H,20,21)/b12-9+/t13-/m0/s1. The second-order valence-electron chi connectivity index (χ2n) is 4.86. The average molecular weight is 316 g/mol. The fraction of sp³-hybridized carbons (Fsp3) is 0.167. The van der Waals surface area contributed by atoms with Crippen molar-refractivity contribution in [3.8, 4) is 5.75 Å². The Labute approximate surface area is 135 Å². The molecule has 1 N–H and O–H groups in total. The zero-order valence-corrected chi connectivity index (χ0v) is 13.3. The number of rotatable bonds is 5. The van der Waals surface area contributed by atoms with Crippen LogP contribution in [-0.4, -0.2) is 13.0 Å². The third-order valence-electron chi connectivity index (χ3n) is 3.29. The van der Waals surface area contributed by atoms with Crippen molar-refractivity contribution < 1.29 is 9.53 Å². The number of benzene rings is 2. The monoisotopic (exact) mass is 315 g/mol. The van der Waals surface area contributed by atoms with Crippen molar-refractivity contribution in [1.82, 2.24) is 5.32 Å². The lowest BCUT2D eigenvalue weighted by Gasteiger charge is -2.13. The molecule has 2 aromatic rings. The van der Waals surface area contributed by atoms with Crippen molar-refractivity contribution in [2.45, 2.75) is 13.0 Å². The molecule has 0 radical (unpaired) electrons. The molecule has 0 heterocycles. The van der Waals surface area contributed by atoms with E-state index in [1.54, 1.807) is 19.3 Å². The lowest BCUT2D eigenvalue weighted by atomic mass is 10.1. The van der Waals surface area contributed by atoms with E-state index in [4.69, 9.17) is 16.3 Å². The van der Waals surface area contributed by atoms with E-state index in [2.05, 4.69) is 5.32 Å². The van der Waals surface area contributed by atoms with Gasteiger partial charge < -0.3 is 10.1 Å². The molecule has 0 unspecified atom stereocenters. The Bertz CT molecular complexity index is 665. The van der Waals surface area contributed by atoms with Crippen LogP contribution >= 0.6 is 11.6 Å². The molecular formula is C18H18ClNO2. The van der Waals surface area contributed by atoms with Crippen molar-refractivity contribution in [2.75, 3.05) is 7.11 Å². The van der Waals surface area contributed by atoms with Crippen LogP contribution in [0.4, 0.5) is 0 Å². The third kappa shape index (κ3) is 4.37. The Balaban J connectivity index is 1.97. The Hall–Kier alpha value is -2.26. The van der Waals surface area contributed by atoms with Gasteiger partial charge in [-0.3, -0.25) is 4.79 Å². The van der Waals surface area contributed by atoms with Gasteiger partial charge in [0, 0.05) is 11.1 Å². The minimum Gasteiger partial charge on any atom is -0.497 e. The molecule has 0 aliphatic carbocycles. The minimum atomic E-state index is -0.164. The number of hydrogen-bond acceptors (Lipinski definition) is 2. The maximum atomic E-state index is 12.0. The summed E-state index contributed by atoms with van der Waals surface area (Å²) in [5, 5.41) is 3.53. The average Bonchev–Trinajstić information content (AvgIpc) is 2.54. The summed E-state index contributed by atoms with van der Waals surface area (Å²) in [7, 11) is 1.62. The van der Waals surface area contributed by atoms with Crippen LogP contribution in [-0.2, 0) is 4.79 Å². The highest BCUT2D eigenvalue weighted by molar-refractivity contribution is 6.32. The summed E-state index contributed by atoms with van der Waals surface area (Å²) in [6.07, 6.45) is 3.19. The first kappa shape index (κ1) is 16.1. The highest BCUT2D eigenvalue weighted by Gasteiger charge is 2.07. The molecule has 0 bridgehead atoms. The predicted molar refractivity (Wildman–Crippen MR) is 90.0 cm³/mol. The molecule has 2 rings (SSSR count). The van der Waals surface area contributed by atoms with Gasteiger partial charge in [-0.2, -0.15) is 0 Å². The molecule has 0 saturated heterocycles. The molecule has 3 nitrogen and oxygen atoms in total. The van der Waals surface area contributed by atoms with E-state index < -0.39 is 0 Å². The molecule has 0 saturated carbocycles. The smallest absolute Gasteiger partial charge is 0.244 e. The van der Waals surface area contributed by atoms with Crippen molar-refractivity contribution in [2.24, 2.45) is 0 Å². The van der Waals surface area contributed by atoms with Crippen LogP contribution < -0.4 is 10.1 Å². The lowest BCUT2D eigenvalue weighted by Crippen LogP contribution is -2.24. The third-order valence-corrected chi connectivity index (χ3v) is 3.64. The van der Waals surface area contributed by atoms with Gasteiger partial charge in [-0.05, 0) is 42.3 Å². The highest BCUT2D eigenvalue weighted by atomic mass is 35.5. The van der Waals surface area contributed by atoms with Crippen LogP contribution in [0.25, 0.3) is 6.08 Å². The maximum absolute atomic E-state index is 12.0. The summed E-state index contributed by atoms with van der Waals surface area (Å²) in [5.74, 6) is 0.629. The molecule has 0 spiro atoms. The van der Waals surface area contributed by atoms with Gasteiger partial charge in [0.05, 0.1) is 13.2 Å². The fourth-order valence-electron chi connectivity index (χ4n) is 2.01. The van der Waals surface area contributed by atoms with Gasteiger partial charge in [0.1, 0.15) is 5.75 Å². The zero-order valence-electron chi connectivity index (χ0n) is 12.5. The van der Waals surface area contributed by atoms with E-state index in [9.17, 15) is 4.79 Å². The number of halogens is 1. The van der Waals surface area contributed by atoms with Crippen molar-refractivity contribution >= 4 is 23.6 Å². The van der Waals surface area contributed by atoms with E-state index >= 15 is 0 Å². The number of ether oxygens (including phenoxy) is 1. The van der Waals surface area contributed by atoms with E-state index in [1.165, 1.54) is 6.08 Å². The molecule has 114 valence electrons. The number of hydrogen-bond donors (Lipinski definition) is 1. The molecule has 22 heavy (non-hydrogen) atoms. The molecule has 0 aliphatic rings. The summed E-state index contributed by atoms with van der Waals surface area (Å²) < 4.78 is 5.12. The van der Waals surface area contributed by atoms with E-state index in [1.807, 2.05) is 49.4 Å². The first-order valence-electron chi connectivity index (χ1n) is 6.97. The number of carbonyl (C=O) groups is 1. The first-order valence-corrected chi connectivity index (χ1v) is 7.35. The van der Waals surface area contributed by atoms with E-state index in [0.29, 0.717) is 5.02 Å². The van der Waals surface area contributed by atoms with Crippen LogP contribution in [0.5, 0.6) is 5.75 Å². The van der Waals surface area contributed by atoms with Gasteiger partial charge in [0.2, 0.25) is 5.91 Å². The van der Waals surface area contributed by atoms with E-state index in [-0.39, 0.29) is 11.9 Å². The van der Waals surface area contributed by atoms with Gasteiger partial charge >= 0.3 is 0 Å². The number of carbonyl (C=O) groups excluding carboxylic acids is 1. The van der Waals surface area contributed by atoms with Crippen LogP contribution in [0.15, 0.2) is 54.6 Å². The number of nitrogens with one attached hydrogen (secondary N) is 1. The maximum Gasteiger partial charge on any atom is 0.244 e. The Kier molecular flexibility index (Phi) is 5.61. The molecule has 0 aromatic heterocycles. The van der Waals surface area contributed by atoms with Crippen LogP contribution in [0.3, 0.4) is 0 Å². The van der Waals surface area contributed by atoms with Gasteiger partial charge in [-0.25, -0.2) is 0 Å². The Morgan fingerprint density at radius 2 is 1.86 bits per heavy atom. The molecule has 2 aromatic carbocycles. The van der Waals surface area contributed by atoms with Crippen molar-refractivity contribution in [3.05, 3.63) is 70.8 Å². The number of amides is 1.